The van der Waals surface area contributed by atoms with Crippen molar-refractivity contribution in [2.24, 2.45) is 0 Å². The summed E-state index contributed by atoms with van der Waals surface area (Å²) in [5.74, 6) is 0. The van der Waals surface area contributed by atoms with Gasteiger partial charge in [0.1, 0.15) is 0 Å². The van der Waals surface area contributed by atoms with E-state index in [1.165, 1.54) is 12.4 Å². The van der Waals surface area contributed by atoms with Crippen LogP contribution in [0.3, 0.4) is 0 Å². The van der Waals surface area contributed by atoms with E-state index in [0.29, 0.717) is 5.16 Å². The summed E-state index contributed by atoms with van der Waals surface area (Å²) in [7, 11) is -0.394. The first-order valence-corrected chi connectivity index (χ1v) is 5.62. The molecule has 1 rings (SSSR count). The molecule has 1 aromatic heterocycles. The third-order valence-corrected chi connectivity index (χ3v) is 2.34. The number of thiol groups is 1. The maximum Gasteiger partial charge on any atom is 0.266 e. The summed E-state index contributed by atoms with van der Waals surface area (Å²) in [6, 6.07) is 0. The van der Waals surface area contributed by atoms with Gasteiger partial charge in [0.05, 0.1) is 5.56 Å². The van der Waals surface area contributed by atoms with E-state index in [4.69, 9.17) is 0 Å². The first kappa shape index (κ1) is 9.38. The summed E-state index contributed by atoms with van der Waals surface area (Å²) < 4.78 is 24.1. The van der Waals surface area contributed by atoms with Crippen LogP contribution in [0, 0.1) is 0 Å². The molecular formula is C7H10F2N2S. The molecule has 0 radical (unpaired) electrons. The minimum Gasteiger partial charge on any atom is -0.232 e. The van der Waals surface area contributed by atoms with Crippen molar-refractivity contribution in [3.63, 3.8) is 0 Å². The summed E-state index contributed by atoms with van der Waals surface area (Å²) in [4.78, 5) is 7.67. The summed E-state index contributed by atoms with van der Waals surface area (Å²) >= 11 is 0. The van der Waals surface area contributed by atoms with Gasteiger partial charge in [-0.1, -0.05) is 0 Å². The van der Waals surface area contributed by atoms with Crippen molar-refractivity contribution in [3.8, 4) is 0 Å². The van der Waals surface area contributed by atoms with Crippen LogP contribution in [0.1, 0.15) is 12.0 Å². The second kappa shape index (κ2) is 3.80. The number of rotatable bonds is 2. The Kier molecular flexibility index (Phi) is 2.97. The molecule has 0 unspecified atom stereocenters. The number of halogens is 2. The molecule has 1 aromatic rings. The van der Waals surface area contributed by atoms with E-state index in [2.05, 4.69) is 9.97 Å². The second-order valence-electron chi connectivity index (χ2n) is 2.51. The van der Waals surface area contributed by atoms with Crippen molar-refractivity contribution in [1.29, 1.82) is 0 Å². The molecule has 0 amide bonds. The van der Waals surface area contributed by atoms with E-state index >= 15 is 0 Å². The van der Waals surface area contributed by atoms with Crippen LogP contribution in [0.25, 0.3) is 0 Å². The molecule has 1 heterocycles. The Morgan fingerprint density at radius 1 is 1.25 bits per heavy atom. The first-order chi connectivity index (χ1) is 5.61. The normalized spacial score (nSPS) is 11.9. The molecule has 12 heavy (non-hydrogen) atoms. The zero-order valence-electron chi connectivity index (χ0n) is 6.83. The number of nitrogens with zero attached hydrogens (tertiary/aromatic N) is 2. The lowest BCUT2D eigenvalue weighted by atomic mass is 10.4. The largest absolute Gasteiger partial charge is 0.266 e. The van der Waals surface area contributed by atoms with Crippen molar-refractivity contribution in [2.75, 3.05) is 12.5 Å². The van der Waals surface area contributed by atoms with E-state index in [0.717, 1.165) is 0 Å². The Hall–Kier alpha value is -0.710. The van der Waals surface area contributed by atoms with Crippen LogP contribution in [0.5, 0.6) is 0 Å². The van der Waals surface area contributed by atoms with E-state index in [1.54, 1.807) is 0 Å². The lowest BCUT2D eigenvalue weighted by Crippen LogP contribution is -1.93. The van der Waals surface area contributed by atoms with Gasteiger partial charge in [-0.3, -0.25) is 0 Å². The Morgan fingerprint density at radius 3 is 2.08 bits per heavy atom. The smallest absolute Gasteiger partial charge is 0.232 e. The molecule has 0 spiro atoms. The van der Waals surface area contributed by atoms with E-state index in [1.807, 2.05) is 12.5 Å². The summed E-state index contributed by atoms with van der Waals surface area (Å²) in [5, 5.41) is 0.661. The van der Waals surface area contributed by atoms with Gasteiger partial charge < -0.3 is 0 Å². The van der Waals surface area contributed by atoms with Gasteiger partial charge >= 0.3 is 0 Å². The zero-order chi connectivity index (χ0) is 9.14. The summed E-state index contributed by atoms with van der Waals surface area (Å²) in [6.45, 7) is 0. The predicted octanol–water partition coefficient (Wildman–Crippen LogP) is 2.03. The monoisotopic (exact) mass is 192 g/mol. The summed E-state index contributed by atoms with van der Waals surface area (Å²) in [5.41, 5.74) is -0.115. The maximum absolute atomic E-state index is 12.0. The topological polar surface area (TPSA) is 25.8 Å². The van der Waals surface area contributed by atoms with Gasteiger partial charge in [0.2, 0.25) is 0 Å². The van der Waals surface area contributed by atoms with E-state index in [-0.39, 0.29) is 5.56 Å². The molecule has 0 aliphatic heterocycles. The minimum absolute atomic E-state index is 0.115. The Bertz CT molecular complexity index is 221. The van der Waals surface area contributed by atoms with E-state index in [9.17, 15) is 8.78 Å². The molecule has 0 saturated carbocycles. The first-order valence-electron chi connectivity index (χ1n) is 3.38. The molecule has 0 bridgehead atoms. The standard InChI is InChI=1S/C7H10F2N2S/c1-12(2)7-10-3-5(4-11-7)6(8)9/h3-4,6,12H,1-2H3. The Labute approximate surface area is 72.4 Å². The SMILES string of the molecule is C[SH](C)c1ncc(C(F)F)cn1. The van der Waals surface area contributed by atoms with Crippen LogP contribution in [0.15, 0.2) is 17.6 Å². The average Bonchev–Trinajstić information content (AvgIpc) is 2.04. The van der Waals surface area contributed by atoms with Crippen molar-refractivity contribution in [3.05, 3.63) is 18.0 Å². The minimum atomic E-state index is -2.47. The molecule has 5 heteroatoms. The van der Waals surface area contributed by atoms with Gasteiger partial charge in [0.25, 0.3) is 6.43 Å². The molecule has 0 fully saturated rings. The van der Waals surface area contributed by atoms with Crippen LogP contribution in [0.2, 0.25) is 0 Å². The fourth-order valence-corrected chi connectivity index (χ4v) is 1.25. The molecule has 0 aromatic carbocycles. The van der Waals surface area contributed by atoms with Crippen LogP contribution < -0.4 is 0 Å². The number of hydrogen-bond acceptors (Lipinski definition) is 2. The van der Waals surface area contributed by atoms with Gasteiger partial charge in [0.15, 0.2) is 5.16 Å². The predicted molar refractivity (Wildman–Crippen MR) is 46.1 cm³/mol. The third-order valence-electron chi connectivity index (χ3n) is 1.31. The average molecular weight is 192 g/mol. The molecule has 0 atom stereocenters. The van der Waals surface area contributed by atoms with Gasteiger partial charge in [0, 0.05) is 12.4 Å². The van der Waals surface area contributed by atoms with Crippen molar-refractivity contribution in [2.45, 2.75) is 11.6 Å². The van der Waals surface area contributed by atoms with Gasteiger partial charge in [-0.05, 0) is 12.5 Å². The lowest BCUT2D eigenvalue weighted by Gasteiger charge is -2.06. The highest BCUT2D eigenvalue weighted by Crippen LogP contribution is 2.24. The van der Waals surface area contributed by atoms with Crippen molar-refractivity contribution >= 4 is 10.9 Å². The molecule has 68 valence electrons. The third kappa shape index (κ3) is 2.14. The highest BCUT2D eigenvalue weighted by Gasteiger charge is 2.07. The Morgan fingerprint density at radius 2 is 1.75 bits per heavy atom. The molecule has 0 N–H and O–H groups in total. The molecule has 2 nitrogen and oxygen atoms in total. The van der Waals surface area contributed by atoms with Crippen molar-refractivity contribution < 1.29 is 8.78 Å². The number of alkyl halides is 2. The zero-order valence-corrected chi connectivity index (χ0v) is 7.72. The van der Waals surface area contributed by atoms with Gasteiger partial charge in [-0.25, -0.2) is 18.7 Å². The number of aromatic nitrogens is 2. The molecule has 0 aliphatic carbocycles. The molecule has 0 saturated heterocycles. The maximum atomic E-state index is 12.0. The Balaban J connectivity index is 2.86. The fourth-order valence-electron chi connectivity index (χ4n) is 0.675. The van der Waals surface area contributed by atoms with Crippen LogP contribution >= 0.6 is 10.9 Å². The van der Waals surface area contributed by atoms with Crippen LogP contribution in [-0.2, 0) is 0 Å². The van der Waals surface area contributed by atoms with Crippen LogP contribution in [-0.4, -0.2) is 22.5 Å². The van der Waals surface area contributed by atoms with Crippen LogP contribution in [0.4, 0.5) is 8.78 Å². The molecular weight excluding hydrogens is 182 g/mol. The van der Waals surface area contributed by atoms with Gasteiger partial charge in [-0.2, -0.15) is 10.9 Å². The van der Waals surface area contributed by atoms with Gasteiger partial charge in [-0.15, -0.1) is 0 Å². The van der Waals surface area contributed by atoms with E-state index < -0.39 is 17.3 Å². The molecule has 0 aliphatic rings. The highest BCUT2D eigenvalue weighted by atomic mass is 32.2. The fraction of sp³-hybridized carbons (Fsp3) is 0.429. The lowest BCUT2D eigenvalue weighted by molar-refractivity contribution is 0.150. The summed E-state index contributed by atoms with van der Waals surface area (Å²) in [6.07, 6.45) is 3.86. The quantitative estimate of drug-likeness (QED) is 0.573. The van der Waals surface area contributed by atoms with Crippen molar-refractivity contribution in [1.82, 2.24) is 9.97 Å². The number of hydrogen-bond donors (Lipinski definition) is 1. The highest BCUT2D eigenvalue weighted by molar-refractivity contribution is 8.15. The second-order valence-corrected chi connectivity index (χ2v) is 4.70.